The average Bonchev–Trinajstić information content (AvgIpc) is 3.06. The first-order valence-electron chi connectivity index (χ1n) is 6.66. The third-order valence-electron chi connectivity index (χ3n) is 3.63. The van der Waals surface area contributed by atoms with Crippen molar-refractivity contribution in [2.24, 2.45) is 5.92 Å². The van der Waals surface area contributed by atoms with E-state index in [4.69, 9.17) is 16.0 Å². The van der Waals surface area contributed by atoms with Crippen molar-refractivity contribution in [3.05, 3.63) is 45.5 Å². The highest BCUT2D eigenvalue weighted by Gasteiger charge is 2.22. The molecule has 3 unspecified atom stereocenters. The maximum Gasteiger partial charge on any atom is 0.126 e. The van der Waals surface area contributed by atoms with Crippen molar-refractivity contribution in [3.8, 4) is 0 Å². The summed E-state index contributed by atoms with van der Waals surface area (Å²) in [5, 5.41) is 3.66. The fourth-order valence-corrected chi connectivity index (χ4v) is 3.15. The highest BCUT2D eigenvalue weighted by Crippen LogP contribution is 2.32. The van der Waals surface area contributed by atoms with Gasteiger partial charge in [-0.15, -0.1) is 11.3 Å². The van der Waals surface area contributed by atoms with E-state index in [1.165, 1.54) is 4.88 Å². The van der Waals surface area contributed by atoms with E-state index in [9.17, 15) is 0 Å². The standard InChI is InChI=1S/C15H20ClNOS/c1-4-10(2)11(3)17-15(12-6-5-9-18-12)13-7-8-14(16)19-13/h5-11,15,17H,4H2,1-3H3. The Balaban J connectivity index is 2.21. The van der Waals surface area contributed by atoms with Gasteiger partial charge in [-0.25, -0.2) is 0 Å². The summed E-state index contributed by atoms with van der Waals surface area (Å²) < 4.78 is 6.38. The molecule has 0 aromatic carbocycles. The van der Waals surface area contributed by atoms with Gasteiger partial charge in [-0.1, -0.05) is 31.9 Å². The minimum atomic E-state index is 0.0801. The van der Waals surface area contributed by atoms with Crippen molar-refractivity contribution in [2.45, 2.75) is 39.3 Å². The predicted molar refractivity (Wildman–Crippen MR) is 81.9 cm³/mol. The summed E-state index contributed by atoms with van der Waals surface area (Å²) in [6.45, 7) is 6.70. The lowest BCUT2D eigenvalue weighted by molar-refractivity contribution is 0.345. The van der Waals surface area contributed by atoms with Gasteiger partial charge < -0.3 is 9.73 Å². The Morgan fingerprint density at radius 3 is 2.63 bits per heavy atom. The van der Waals surface area contributed by atoms with Crippen LogP contribution in [0, 0.1) is 5.92 Å². The summed E-state index contributed by atoms with van der Waals surface area (Å²) in [5.41, 5.74) is 0. The van der Waals surface area contributed by atoms with E-state index in [0.29, 0.717) is 12.0 Å². The molecule has 2 aromatic heterocycles. The van der Waals surface area contributed by atoms with Gasteiger partial charge in [0.25, 0.3) is 0 Å². The number of thiophene rings is 1. The number of furan rings is 1. The SMILES string of the molecule is CCC(C)C(C)NC(c1ccco1)c1ccc(Cl)s1. The van der Waals surface area contributed by atoms with E-state index in [-0.39, 0.29) is 6.04 Å². The van der Waals surface area contributed by atoms with Crippen molar-refractivity contribution < 1.29 is 4.42 Å². The zero-order valence-electron chi connectivity index (χ0n) is 11.5. The van der Waals surface area contributed by atoms with E-state index in [2.05, 4.69) is 32.2 Å². The third kappa shape index (κ3) is 3.62. The van der Waals surface area contributed by atoms with Gasteiger partial charge in [0, 0.05) is 10.9 Å². The summed E-state index contributed by atoms with van der Waals surface area (Å²) in [4.78, 5) is 1.19. The molecule has 0 radical (unpaired) electrons. The van der Waals surface area contributed by atoms with Crippen molar-refractivity contribution in [2.75, 3.05) is 0 Å². The molecule has 19 heavy (non-hydrogen) atoms. The second kappa shape index (κ2) is 6.60. The quantitative estimate of drug-likeness (QED) is 0.801. The number of rotatable bonds is 6. The molecule has 4 heteroatoms. The monoisotopic (exact) mass is 297 g/mol. The van der Waals surface area contributed by atoms with Gasteiger partial charge in [0.2, 0.25) is 0 Å². The summed E-state index contributed by atoms with van der Waals surface area (Å²) in [5.74, 6) is 1.56. The molecule has 0 aliphatic heterocycles. The summed E-state index contributed by atoms with van der Waals surface area (Å²) in [6, 6.07) is 8.43. The Bertz CT molecular complexity index is 494. The fraction of sp³-hybridized carbons (Fsp3) is 0.467. The van der Waals surface area contributed by atoms with Gasteiger partial charge in [-0.2, -0.15) is 0 Å². The van der Waals surface area contributed by atoms with Crippen LogP contribution in [0.4, 0.5) is 0 Å². The van der Waals surface area contributed by atoms with E-state index in [1.54, 1.807) is 17.6 Å². The number of nitrogens with one attached hydrogen (secondary N) is 1. The Labute approximate surface area is 123 Å². The van der Waals surface area contributed by atoms with Crippen LogP contribution in [0.15, 0.2) is 34.9 Å². The molecule has 104 valence electrons. The first kappa shape index (κ1) is 14.6. The largest absolute Gasteiger partial charge is 0.467 e. The molecule has 2 nitrogen and oxygen atoms in total. The van der Waals surface area contributed by atoms with Gasteiger partial charge >= 0.3 is 0 Å². The molecular weight excluding hydrogens is 278 g/mol. The van der Waals surface area contributed by atoms with Gasteiger partial charge in [0.15, 0.2) is 0 Å². The molecule has 0 bridgehead atoms. The molecule has 0 aliphatic rings. The van der Waals surface area contributed by atoms with Gasteiger partial charge in [-0.3, -0.25) is 0 Å². The number of hydrogen-bond acceptors (Lipinski definition) is 3. The maximum atomic E-state index is 6.05. The molecule has 0 fully saturated rings. The number of halogens is 1. The molecule has 0 amide bonds. The van der Waals surface area contributed by atoms with Crippen molar-refractivity contribution >= 4 is 22.9 Å². The van der Waals surface area contributed by atoms with Crippen LogP contribution in [-0.2, 0) is 0 Å². The summed E-state index contributed by atoms with van der Waals surface area (Å²) in [7, 11) is 0. The van der Waals surface area contributed by atoms with Crippen LogP contribution in [0.3, 0.4) is 0 Å². The Morgan fingerprint density at radius 2 is 2.11 bits per heavy atom. The summed E-state index contributed by atoms with van der Waals surface area (Å²) >= 11 is 7.65. The lowest BCUT2D eigenvalue weighted by Crippen LogP contribution is -2.35. The van der Waals surface area contributed by atoms with Gasteiger partial charge in [0.05, 0.1) is 10.6 Å². The predicted octanol–water partition coefficient (Wildman–Crippen LogP) is 5.11. The van der Waals surface area contributed by atoms with E-state index < -0.39 is 0 Å². The van der Waals surface area contributed by atoms with Crippen LogP contribution in [-0.4, -0.2) is 6.04 Å². The van der Waals surface area contributed by atoms with Crippen LogP contribution >= 0.6 is 22.9 Å². The van der Waals surface area contributed by atoms with Crippen molar-refractivity contribution in [1.29, 1.82) is 0 Å². The second-order valence-corrected chi connectivity index (χ2v) is 6.68. The van der Waals surface area contributed by atoms with Crippen molar-refractivity contribution in [3.63, 3.8) is 0 Å². The lowest BCUT2D eigenvalue weighted by atomic mass is 9.99. The van der Waals surface area contributed by atoms with E-state index in [1.807, 2.05) is 18.2 Å². The summed E-state index contributed by atoms with van der Waals surface area (Å²) in [6.07, 6.45) is 2.87. The molecule has 2 rings (SSSR count). The normalized spacial score (nSPS) is 16.2. The zero-order chi connectivity index (χ0) is 13.8. The lowest BCUT2D eigenvalue weighted by Gasteiger charge is -2.25. The van der Waals surface area contributed by atoms with Crippen LogP contribution in [0.5, 0.6) is 0 Å². The minimum absolute atomic E-state index is 0.0801. The number of hydrogen-bond donors (Lipinski definition) is 1. The smallest absolute Gasteiger partial charge is 0.126 e. The fourth-order valence-electron chi connectivity index (χ4n) is 2.02. The first-order valence-corrected chi connectivity index (χ1v) is 7.86. The maximum absolute atomic E-state index is 6.05. The Kier molecular flexibility index (Phi) is 5.08. The molecule has 2 heterocycles. The van der Waals surface area contributed by atoms with Crippen LogP contribution in [0.25, 0.3) is 0 Å². The minimum Gasteiger partial charge on any atom is -0.467 e. The molecule has 3 atom stereocenters. The van der Waals surface area contributed by atoms with Crippen LogP contribution in [0.1, 0.15) is 43.9 Å². The average molecular weight is 298 g/mol. The second-order valence-electron chi connectivity index (χ2n) is 4.93. The molecule has 2 aromatic rings. The highest BCUT2D eigenvalue weighted by molar-refractivity contribution is 7.16. The van der Waals surface area contributed by atoms with Crippen molar-refractivity contribution in [1.82, 2.24) is 5.32 Å². The molecule has 0 saturated heterocycles. The Hall–Kier alpha value is -0.770. The first-order chi connectivity index (χ1) is 9.11. The van der Waals surface area contributed by atoms with Crippen LogP contribution in [0.2, 0.25) is 4.34 Å². The highest BCUT2D eigenvalue weighted by atomic mass is 35.5. The van der Waals surface area contributed by atoms with E-state index in [0.717, 1.165) is 16.5 Å². The third-order valence-corrected chi connectivity index (χ3v) is 4.93. The molecule has 0 saturated carbocycles. The molecule has 0 aliphatic carbocycles. The molecular formula is C15H20ClNOS. The van der Waals surface area contributed by atoms with Crippen LogP contribution < -0.4 is 5.32 Å². The molecule has 1 N–H and O–H groups in total. The van der Waals surface area contributed by atoms with Gasteiger partial charge in [0.1, 0.15) is 11.8 Å². The molecule has 0 spiro atoms. The Morgan fingerprint density at radius 1 is 1.32 bits per heavy atom. The van der Waals surface area contributed by atoms with Gasteiger partial charge in [-0.05, 0) is 37.1 Å². The van der Waals surface area contributed by atoms with E-state index >= 15 is 0 Å². The topological polar surface area (TPSA) is 25.2 Å². The zero-order valence-corrected chi connectivity index (χ0v) is 13.1.